The van der Waals surface area contributed by atoms with Gasteiger partial charge in [0.25, 0.3) is 0 Å². The van der Waals surface area contributed by atoms with Crippen molar-refractivity contribution in [1.29, 1.82) is 0 Å². The molecular weight excluding hydrogens is 471 g/mol. The van der Waals surface area contributed by atoms with E-state index in [1.807, 2.05) is 6.07 Å². The van der Waals surface area contributed by atoms with Gasteiger partial charge in [-0.15, -0.1) is 0 Å². The fourth-order valence-corrected chi connectivity index (χ4v) is 3.43. The van der Waals surface area contributed by atoms with E-state index in [2.05, 4.69) is 25.1 Å². The van der Waals surface area contributed by atoms with E-state index in [4.69, 9.17) is 9.90 Å². The first-order valence-electron chi connectivity index (χ1n) is 10.8. The number of benzene rings is 1. The van der Waals surface area contributed by atoms with Gasteiger partial charge in [0, 0.05) is 50.2 Å². The summed E-state index contributed by atoms with van der Waals surface area (Å²) in [5, 5.41) is 19.5. The summed E-state index contributed by atoms with van der Waals surface area (Å²) in [7, 11) is 0. The molecule has 0 radical (unpaired) electrons. The minimum Gasteiger partial charge on any atom is -0.478 e. The van der Waals surface area contributed by atoms with Gasteiger partial charge in [-0.1, -0.05) is 0 Å². The molecule has 1 saturated carbocycles. The maximum atomic E-state index is 12.0. The Bertz CT molecular complexity index is 1060. The van der Waals surface area contributed by atoms with Crippen LogP contribution in [0.1, 0.15) is 29.6 Å². The molecule has 0 spiro atoms. The number of nitrogens with one attached hydrogen (secondary N) is 1. The Hall–Kier alpha value is -3.90. The summed E-state index contributed by atoms with van der Waals surface area (Å²) in [5.41, 5.74) is 1.33. The number of nitrogens with zero attached hydrogens (tertiary/aromatic N) is 4. The van der Waals surface area contributed by atoms with Gasteiger partial charge in [0.1, 0.15) is 0 Å². The molecule has 3 N–H and O–H groups in total. The van der Waals surface area contributed by atoms with E-state index in [1.165, 1.54) is 0 Å². The lowest BCUT2D eigenvalue weighted by molar-refractivity contribution is -0.192. The Balaban J connectivity index is 0.000000429. The third-order valence-corrected chi connectivity index (χ3v) is 5.38. The third-order valence-electron chi connectivity index (χ3n) is 5.38. The average Bonchev–Trinajstić information content (AvgIpc) is 3.67. The summed E-state index contributed by atoms with van der Waals surface area (Å²) in [4.78, 5) is 45.6. The van der Waals surface area contributed by atoms with E-state index in [0.29, 0.717) is 11.6 Å². The molecule has 188 valence electrons. The molecule has 1 aliphatic heterocycles. The molecule has 0 bridgehead atoms. The number of alkyl halides is 3. The van der Waals surface area contributed by atoms with E-state index in [1.54, 1.807) is 30.6 Å². The average molecular weight is 495 g/mol. The molecule has 1 aliphatic carbocycles. The number of amides is 1. The van der Waals surface area contributed by atoms with Crippen LogP contribution in [0.4, 0.5) is 30.5 Å². The van der Waals surface area contributed by atoms with Crippen LogP contribution in [-0.4, -0.2) is 70.4 Å². The fourth-order valence-electron chi connectivity index (χ4n) is 3.43. The van der Waals surface area contributed by atoms with Crippen LogP contribution >= 0.6 is 0 Å². The number of carbonyl (C=O) groups excluding carboxylic acids is 1. The van der Waals surface area contributed by atoms with Crippen LogP contribution in [0.15, 0.2) is 36.7 Å². The van der Waals surface area contributed by atoms with Gasteiger partial charge in [-0.3, -0.25) is 4.79 Å². The number of carboxylic acids is 2. The third kappa shape index (κ3) is 7.29. The molecule has 35 heavy (non-hydrogen) atoms. The molecular formula is C22H24F3N5O5. The number of halogens is 3. The van der Waals surface area contributed by atoms with Crippen LogP contribution in [0.2, 0.25) is 0 Å². The van der Waals surface area contributed by atoms with Crippen LogP contribution in [0.3, 0.4) is 0 Å². The minimum atomic E-state index is -5.08. The van der Waals surface area contributed by atoms with E-state index in [9.17, 15) is 27.9 Å². The normalized spacial score (nSPS) is 16.0. The molecule has 1 amide bonds. The Labute approximate surface area is 198 Å². The predicted molar refractivity (Wildman–Crippen MR) is 120 cm³/mol. The molecule has 2 fully saturated rings. The standard InChI is InChI=1S/C20H23N5O3.C2HF3O2/c26-18(14-3-4-14)23-17-6-5-15(13-16(17)19(27)28)24-9-2-10-25(12-11-24)20-21-7-1-8-22-20;3-2(4,5)1(6)7/h1,5-8,13-14H,2-4,9-12H2,(H,23,26)(H,27,28);(H,6,7). The highest BCUT2D eigenvalue weighted by molar-refractivity contribution is 6.02. The number of aliphatic carboxylic acids is 1. The first-order valence-corrected chi connectivity index (χ1v) is 10.8. The van der Waals surface area contributed by atoms with Crippen molar-refractivity contribution in [2.45, 2.75) is 25.4 Å². The lowest BCUT2D eigenvalue weighted by Gasteiger charge is -2.24. The second-order valence-electron chi connectivity index (χ2n) is 7.98. The number of anilines is 3. The van der Waals surface area contributed by atoms with Crippen LogP contribution < -0.4 is 15.1 Å². The number of aromatic nitrogens is 2. The molecule has 1 aromatic carbocycles. The van der Waals surface area contributed by atoms with Crippen molar-refractivity contribution in [2.75, 3.05) is 41.3 Å². The van der Waals surface area contributed by atoms with Crippen molar-refractivity contribution in [1.82, 2.24) is 9.97 Å². The monoisotopic (exact) mass is 495 g/mol. The minimum absolute atomic E-state index is 0.0260. The Morgan fingerprint density at radius 1 is 0.971 bits per heavy atom. The number of carboxylic acid groups (broad SMARTS) is 2. The number of carbonyl (C=O) groups is 3. The molecule has 4 rings (SSSR count). The van der Waals surface area contributed by atoms with Crippen molar-refractivity contribution < 1.29 is 37.8 Å². The number of aromatic carboxylic acids is 1. The number of rotatable bonds is 5. The molecule has 2 aromatic rings. The summed E-state index contributed by atoms with van der Waals surface area (Å²) < 4.78 is 31.7. The van der Waals surface area contributed by atoms with Crippen molar-refractivity contribution >= 4 is 35.2 Å². The van der Waals surface area contributed by atoms with Gasteiger partial charge < -0.3 is 25.3 Å². The van der Waals surface area contributed by atoms with Crippen molar-refractivity contribution in [3.8, 4) is 0 Å². The van der Waals surface area contributed by atoms with Crippen LogP contribution in [-0.2, 0) is 9.59 Å². The molecule has 0 unspecified atom stereocenters. The first-order chi connectivity index (χ1) is 16.6. The van der Waals surface area contributed by atoms with Crippen LogP contribution in [0.5, 0.6) is 0 Å². The molecule has 10 nitrogen and oxygen atoms in total. The molecule has 1 aromatic heterocycles. The molecule has 0 atom stereocenters. The van der Waals surface area contributed by atoms with Gasteiger partial charge in [-0.05, 0) is 43.5 Å². The maximum Gasteiger partial charge on any atom is 0.490 e. The van der Waals surface area contributed by atoms with Crippen LogP contribution in [0.25, 0.3) is 0 Å². The zero-order valence-electron chi connectivity index (χ0n) is 18.5. The quantitative estimate of drug-likeness (QED) is 0.572. The van der Waals surface area contributed by atoms with Crippen LogP contribution in [0, 0.1) is 5.92 Å². The summed E-state index contributed by atoms with van der Waals surface area (Å²) >= 11 is 0. The SMILES string of the molecule is O=C(O)C(F)(F)F.O=C(O)c1cc(N2CCCN(c3ncccn3)CC2)ccc1NC(=O)C1CC1. The summed E-state index contributed by atoms with van der Waals surface area (Å²) in [5.74, 6) is -3.15. The van der Waals surface area contributed by atoms with Gasteiger partial charge in [0.05, 0.1) is 11.3 Å². The van der Waals surface area contributed by atoms with Gasteiger partial charge in [0.15, 0.2) is 0 Å². The zero-order chi connectivity index (χ0) is 25.6. The lowest BCUT2D eigenvalue weighted by atomic mass is 10.1. The molecule has 2 aliphatic rings. The molecule has 2 heterocycles. The lowest BCUT2D eigenvalue weighted by Crippen LogP contribution is -2.31. The van der Waals surface area contributed by atoms with Crippen molar-refractivity contribution in [3.63, 3.8) is 0 Å². The van der Waals surface area contributed by atoms with Gasteiger partial charge in [-0.25, -0.2) is 19.6 Å². The predicted octanol–water partition coefficient (Wildman–Crippen LogP) is 2.87. The Morgan fingerprint density at radius 2 is 1.57 bits per heavy atom. The summed E-state index contributed by atoms with van der Waals surface area (Å²) in [6, 6.07) is 7.02. The first kappa shape index (κ1) is 25.7. The highest BCUT2D eigenvalue weighted by Crippen LogP contribution is 2.32. The zero-order valence-corrected chi connectivity index (χ0v) is 18.5. The van der Waals surface area contributed by atoms with E-state index in [0.717, 1.165) is 51.1 Å². The Morgan fingerprint density at radius 3 is 2.14 bits per heavy atom. The molecule has 1 saturated heterocycles. The summed E-state index contributed by atoms with van der Waals surface area (Å²) in [6.45, 7) is 3.16. The van der Waals surface area contributed by atoms with Gasteiger partial charge in [0.2, 0.25) is 11.9 Å². The van der Waals surface area contributed by atoms with Crippen molar-refractivity contribution in [2.24, 2.45) is 5.92 Å². The maximum absolute atomic E-state index is 12.0. The summed E-state index contributed by atoms with van der Waals surface area (Å²) in [6.07, 6.45) is 1.06. The largest absolute Gasteiger partial charge is 0.490 e. The topological polar surface area (TPSA) is 136 Å². The Kier molecular flexibility index (Phi) is 8.10. The van der Waals surface area contributed by atoms with Crippen molar-refractivity contribution in [3.05, 3.63) is 42.2 Å². The smallest absolute Gasteiger partial charge is 0.478 e. The molecule has 13 heteroatoms. The fraction of sp³-hybridized carbons (Fsp3) is 0.409. The van der Waals surface area contributed by atoms with E-state index < -0.39 is 18.1 Å². The van der Waals surface area contributed by atoms with E-state index in [-0.39, 0.29) is 17.4 Å². The second kappa shape index (κ2) is 11.0. The second-order valence-corrected chi connectivity index (χ2v) is 7.98. The van der Waals surface area contributed by atoms with Gasteiger partial charge >= 0.3 is 18.1 Å². The highest BCUT2D eigenvalue weighted by Gasteiger charge is 2.38. The number of hydrogen-bond donors (Lipinski definition) is 3. The van der Waals surface area contributed by atoms with E-state index >= 15 is 0 Å². The van der Waals surface area contributed by atoms with Gasteiger partial charge in [-0.2, -0.15) is 13.2 Å². The number of hydrogen-bond acceptors (Lipinski definition) is 7. The highest BCUT2D eigenvalue weighted by atomic mass is 19.4.